The fourth-order valence-corrected chi connectivity index (χ4v) is 9.16. The summed E-state index contributed by atoms with van der Waals surface area (Å²) in [7, 11) is 0. The standard InChI is InChI=1S/C55H36N4/c1-5-16-37(17-6-1)40-33-49(38-18-7-2-8-19-38)56-50(34-40)39-20-15-25-43(32-39)59-54-36-53-47(44-26-13-14-27-52(44)58(53)42-23-11-4-12-24-42)35-48(54)45-28-29-51-46(55(45)59)30-31-57(51)41-21-9-3-10-22-41/h1-36H. The van der Waals surface area contributed by atoms with E-state index in [9.17, 15) is 0 Å². The Balaban J connectivity index is 1.16. The first-order valence-electron chi connectivity index (χ1n) is 20.1. The summed E-state index contributed by atoms with van der Waals surface area (Å²) < 4.78 is 7.19. The molecule has 0 N–H and O–H groups in total. The molecule has 0 radical (unpaired) electrons. The molecule has 0 fully saturated rings. The van der Waals surface area contributed by atoms with Gasteiger partial charge in [0.1, 0.15) is 0 Å². The van der Waals surface area contributed by atoms with Crippen molar-refractivity contribution in [2.75, 3.05) is 0 Å². The molecular formula is C55H36N4. The van der Waals surface area contributed by atoms with E-state index < -0.39 is 0 Å². The van der Waals surface area contributed by atoms with Crippen LogP contribution in [-0.4, -0.2) is 18.7 Å². The van der Waals surface area contributed by atoms with Crippen molar-refractivity contribution in [3.63, 3.8) is 0 Å². The monoisotopic (exact) mass is 752 g/mol. The van der Waals surface area contributed by atoms with Gasteiger partial charge in [-0.05, 0) is 90.0 Å². The fraction of sp³-hybridized carbons (Fsp3) is 0. The van der Waals surface area contributed by atoms with Gasteiger partial charge in [0.15, 0.2) is 0 Å². The maximum atomic E-state index is 5.33. The molecule has 0 aliphatic rings. The highest BCUT2D eigenvalue weighted by Gasteiger charge is 2.21. The van der Waals surface area contributed by atoms with Crippen LogP contribution in [0.4, 0.5) is 0 Å². The molecule has 0 atom stereocenters. The summed E-state index contributed by atoms with van der Waals surface area (Å²) in [6.07, 6.45) is 2.20. The van der Waals surface area contributed by atoms with E-state index in [0.717, 1.165) is 61.7 Å². The summed E-state index contributed by atoms with van der Waals surface area (Å²) in [5.41, 5.74) is 15.6. The van der Waals surface area contributed by atoms with Crippen molar-refractivity contribution < 1.29 is 0 Å². The highest BCUT2D eigenvalue weighted by atomic mass is 15.0. The van der Waals surface area contributed by atoms with Gasteiger partial charge >= 0.3 is 0 Å². The van der Waals surface area contributed by atoms with Gasteiger partial charge in [-0.15, -0.1) is 0 Å². The highest BCUT2D eigenvalue weighted by molar-refractivity contribution is 6.23. The Hall–Kier alpha value is -7.95. The van der Waals surface area contributed by atoms with Gasteiger partial charge in [0.25, 0.3) is 0 Å². The average Bonchev–Trinajstić information content (AvgIpc) is 3.99. The number of para-hydroxylation sites is 3. The molecule has 4 heteroatoms. The fourth-order valence-electron chi connectivity index (χ4n) is 9.16. The molecule has 4 heterocycles. The van der Waals surface area contributed by atoms with Crippen molar-refractivity contribution in [2.24, 2.45) is 0 Å². The molecule has 0 saturated carbocycles. The minimum Gasteiger partial charge on any atom is -0.316 e. The summed E-state index contributed by atoms with van der Waals surface area (Å²) >= 11 is 0. The third-order valence-electron chi connectivity index (χ3n) is 11.8. The first-order valence-corrected chi connectivity index (χ1v) is 20.1. The summed E-state index contributed by atoms with van der Waals surface area (Å²) in [6.45, 7) is 0. The number of benzene rings is 8. The van der Waals surface area contributed by atoms with Crippen molar-refractivity contribution >= 4 is 54.5 Å². The largest absolute Gasteiger partial charge is 0.316 e. The van der Waals surface area contributed by atoms with E-state index in [-0.39, 0.29) is 0 Å². The lowest BCUT2D eigenvalue weighted by Gasteiger charge is -2.14. The predicted octanol–water partition coefficient (Wildman–Crippen LogP) is 14.2. The van der Waals surface area contributed by atoms with Crippen LogP contribution in [0.1, 0.15) is 0 Å². The van der Waals surface area contributed by atoms with E-state index >= 15 is 0 Å². The number of hydrogen-bond acceptors (Lipinski definition) is 1. The first-order chi connectivity index (χ1) is 29.3. The minimum absolute atomic E-state index is 0.930. The van der Waals surface area contributed by atoms with Crippen molar-refractivity contribution in [2.45, 2.75) is 0 Å². The van der Waals surface area contributed by atoms with E-state index in [1.165, 1.54) is 43.5 Å². The number of hydrogen-bond donors (Lipinski definition) is 0. The van der Waals surface area contributed by atoms with Crippen molar-refractivity contribution in [3.05, 3.63) is 219 Å². The Morgan fingerprint density at radius 1 is 0.288 bits per heavy atom. The predicted molar refractivity (Wildman–Crippen MR) is 246 cm³/mol. The van der Waals surface area contributed by atoms with E-state index in [0.29, 0.717) is 0 Å². The van der Waals surface area contributed by atoms with Crippen molar-refractivity contribution in [1.29, 1.82) is 0 Å². The van der Waals surface area contributed by atoms with Crippen LogP contribution in [0.25, 0.3) is 105 Å². The second-order valence-corrected chi connectivity index (χ2v) is 15.2. The van der Waals surface area contributed by atoms with Crippen LogP contribution in [0.3, 0.4) is 0 Å². The van der Waals surface area contributed by atoms with Crippen LogP contribution < -0.4 is 0 Å². The van der Waals surface area contributed by atoms with Gasteiger partial charge in [0, 0.05) is 61.3 Å². The van der Waals surface area contributed by atoms with Crippen LogP contribution in [0, 0.1) is 0 Å². The SMILES string of the molecule is c1ccc(-c2cc(-c3ccccc3)nc(-c3cccc(-n4c5cc6c(cc5c5ccc7c(ccn7-c7ccccc7)c54)c4ccccc4n6-c4ccccc4)c3)c2)cc1. The van der Waals surface area contributed by atoms with Crippen LogP contribution in [0.5, 0.6) is 0 Å². The zero-order valence-corrected chi connectivity index (χ0v) is 32.1. The zero-order valence-electron chi connectivity index (χ0n) is 32.1. The number of nitrogens with zero attached hydrogens (tertiary/aromatic N) is 4. The van der Waals surface area contributed by atoms with Gasteiger partial charge in [-0.25, -0.2) is 4.98 Å². The Morgan fingerprint density at radius 3 is 1.64 bits per heavy atom. The van der Waals surface area contributed by atoms with Gasteiger partial charge in [-0.1, -0.05) is 133 Å². The molecule has 12 aromatic rings. The number of fused-ring (bicyclic) bond motifs is 8. The summed E-state index contributed by atoms with van der Waals surface area (Å²) in [6, 6.07) is 76.3. The molecule has 8 aromatic carbocycles. The molecule has 0 amide bonds. The molecule has 0 aliphatic carbocycles. The van der Waals surface area contributed by atoms with E-state index in [4.69, 9.17) is 4.98 Å². The van der Waals surface area contributed by atoms with Crippen LogP contribution in [0.15, 0.2) is 219 Å². The maximum absolute atomic E-state index is 5.33. The van der Waals surface area contributed by atoms with Gasteiger partial charge in [0.05, 0.1) is 39.0 Å². The molecule has 276 valence electrons. The van der Waals surface area contributed by atoms with Crippen LogP contribution in [-0.2, 0) is 0 Å². The Labute approximate surface area is 341 Å². The number of rotatable bonds is 6. The lowest BCUT2D eigenvalue weighted by molar-refractivity contribution is 1.13. The van der Waals surface area contributed by atoms with Gasteiger partial charge in [-0.2, -0.15) is 0 Å². The summed E-state index contributed by atoms with van der Waals surface area (Å²) in [5, 5.41) is 6.12. The lowest BCUT2D eigenvalue weighted by Crippen LogP contribution is -1.97. The van der Waals surface area contributed by atoms with Gasteiger partial charge in [-0.3, -0.25) is 0 Å². The smallest absolute Gasteiger partial charge is 0.0716 e. The normalized spacial score (nSPS) is 11.7. The maximum Gasteiger partial charge on any atom is 0.0716 e. The lowest BCUT2D eigenvalue weighted by atomic mass is 10.00. The van der Waals surface area contributed by atoms with E-state index in [2.05, 4.69) is 232 Å². The molecule has 0 saturated heterocycles. The van der Waals surface area contributed by atoms with Crippen molar-refractivity contribution in [3.8, 4) is 50.7 Å². The van der Waals surface area contributed by atoms with Crippen LogP contribution >= 0.6 is 0 Å². The molecule has 0 spiro atoms. The van der Waals surface area contributed by atoms with E-state index in [1.807, 2.05) is 0 Å². The Bertz CT molecular complexity index is 3460. The first kappa shape index (κ1) is 33.2. The second kappa shape index (κ2) is 13.3. The topological polar surface area (TPSA) is 27.7 Å². The van der Waals surface area contributed by atoms with Crippen molar-refractivity contribution in [1.82, 2.24) is 18.7 Å². The highest BCUT2D eigenvalue weighted by Crippen LogP contribution is 2.43. The van der Waals surface area contributed by atoms with E-state index in [1.54, 1.807) is 0 Å². The molecule has 4 nitrogen and oxygen atoms in total. The van der Waals surface area contributed by atoms with Gasteiger partial charge < -0.3 is 13.7 Å². The number of aromatic nitrogens is 4. The van der Waals surface area contributed by atoms with Crippen LogP contribution in [0.2, 0.25) is 0 Å². The molecule has 0 unspecified atom stereocenters. The third-order valence-corrected chi connectivity index (χ3v) is 11.8. The molecule has 0 aliphatic heterocycles. The average molecular weight is 753 g/mol. The summed E-state index contributed by atoms with van der Waals surface area (Å²) in [5.74, 6) is 0. The van der Waals surface area contributed by atoms with Gasteiger partial charge in [0.2, 0.25) is 0 Å². The summed E-state index contributed by atoms with van der Waals surface area (Å²) in [4.78, 5) is 5.33. The molecule has 12 rings (SSSR count). The Kier molecular flexibility index (Phi) is 7.50. The Morgan fingerprint density at radius 2 is 0.881 bits per heavy atom. The zero-order chi connectivity index (χ0) is 38.9. The number of pyridine rings is 1. The molecule has 59 heavy (non-hydrogen) atoms. The quantitative estimate of drug-likeness (QED) is 0.166. The molecule has 4 aromatic heterocycles. The minimum atomic E-state index is 0.930. The second-order valence-electron chi connectivity index (χ2n) is 15.2. The molecular weight excluding hydrogens is 717 g/mol. The third kappa shape index (κ3) is 5.34. The molecule has 0 bridgehead atoms.